The topological polar surface area (TPSA) is 98.0 Å². The first-order valence-corrected chi connectivity index (χ1v) is 13.4. The summed E-state index contributed by atoms with van der Waals surface area (Å²) in [6, 6.07) is 11.1. The van der Waals surface area contributed by atoms with Gasteiger partial charge in [-0.1, -0.05) is 87.6 Å². The molecule has 2 aromatic rings. The molecule has 5 heteroatoms. The Balaban J connectivity index is 0.000000373. The van der Waals surface area contributed by atoms with Crippen LogP contribution in [-0.4, -0.2) is 26.4 Å². The van der Waals surface area contributed by atoms with Crippen LogP contribution in [0.15, 0.2) is 66.8 Å². The molecule has 5 nitrogen and oxygen atoms in total. The summed E-state index contributed by atoms with van der Waals surface area (Å²) in [6.07, 6.45) is 25.9. The van der Waals surface area contributed by atoms with Crippen LogP contribution in [0.2, 0.25) is 0 Å². The molecule has 0 aromatic heterocycles. The van der Waals surface area contributed by atoms with E-state index in [2.05, 4.69) is 31.2 Å². The monoisotopic (exact) mass is 508 g/mol. The normalized spacial score (nSPS) is 11.3. The number of phenolic OH excluding ortho intramolecular Hbond substituents is 3. The zero-order valence-corrected chi connectivity index (χ0v) is 22.2. The van der Waals surface area contributed by atoms with Crippen LogP contribution in [0.1, 0.15) is 95.1 Å². The molecule has 0 aliphatic heterocycles. The predicted octanol–water partition coefficient (Wildman–Crippen LogP) is 8.86. The molecule has 2 rings (SSSR count). The van der Waals surface area contributed by atoms with E-state index < -0.39 is 5.97 Å². The van der Waals surface area contributed by atoms with E-state index in [0.29, 0.717) is 12.0 Å². The van der Waals surface area contributed by atoms with E-state index in [9.17, 15) is 15.0 Å². The van der Waals surface area contributed by atoms with Gasteiger partial charge in [0, 0.05) is 12.5 Å². The molecule has 0 aliphatic rings. The summed E-state index contributed by atoms with van der Waals surface area (Å²) in [7, 11) is 0. The van der Waals surface area contributed by atoms with Gasteiger partial charge in [0.1, 0.15) is 17.2 Å². The van der Waals surface area contributed by atoms with E-state index in [-0.39, 0.29) is 17.2 Å². The van der Waals surface area contributed by atoms with Crippen LogP contribution in [-0.2, 0) is 4.79 Å². The number of hydrogen-bond acceptors (Lipinski definition) is 4. The molecule has 0 fully saturated rings. The minimum absolute atomic E-state index is 0.0235. The maximum absolute atomic E-state index is 10.3. The lowest BCUT2D eigenvalue weighted by Gasteiger charge is -1.98. The molecule has 0 unspecified atom stereocenters. The highest BCUT2D eigenvalue weighted by molar-refractivity contribution is 5.71. The third-order valence-corrected chi connectivity index (χ3v) is 5.63. The van der Waals surface area contributed by atoms with Crippen molar-refractivity contribution in [3.05, 3.63) is 77.9 Å². The van der Waals surface area contributed by atoms with Crippen LogP contribution in [0.5, 0.6) is 17.2 Å². The Morgan fingerprint density at radius 1 is 0.649 bits per heavy atom. The summed E-state index contributed by atoms with van der Waals surface area (Å²) in [5.41, 5.74) is 1.63. The number of benzene rings is 2. The molecule has 0 heterocycles. The smallest absolute Gasteiger partial charge is 0.303 e. The molecule has 2 aromatic carbocycles. The highest BCUT2D eigenvalue weighted by Gasteiger charge is 1.97. The molecule has 0 saturated carbocycles. The van der Waals surface area contributed by atoms with Gasteiger partial charge in [0.25, 0.3) is 0 Å². The second-order valence-electron chi connectivity index (χ2n) is 9.08. The van der Waals surface area contributed by atoms with E-state index in [1.807, 2.05) is 6.08 Å². The molecule has 0 bridgehead atoms. The first kappa shape index (κ1) is 31.6. The molecular formula is C32H44O5. The molecule has 0 radical (unpaired) electrons. The summed E-state index contributed by atoms with van der Waals surface area (Å²) < 4.78 is 0. The van der Waals surface area contributed by atoms with Crippen LogP contribution in [0, 0.1) is 0 Å². The van der Waals surface area contributed by atoms with E-state index in [4.69, 9.17) is 10.2 Å². The summed E-state index contributed by atoms with van der Waals surface area (Å²) in [6.45, 7) is 2.23. The average molecular weight is 509 g/mol. The van der Waals surface area contributed by atoms with Crippen LogP contribution in [0.25, 0.3) is 12.2 Å². The van der Waals surface area contributed by atoms with Gasteiger partial charge in [0.05, 0.1) is 0 Å². The zero-order chi connectivity index (χ0) is 27.1. The molecule has 0 atom stereocenters. The first-order valence-electron chi connectivity index (χ1n) is 13.4. The molecule has 0 aliphatic carbocycles. The number of unbranched alkanes of at least 4 members (excludes halogenated alkanes) is 8. The third-order valence-electron chi connectivity index (χ3n) is 5.63. The minimum atomic E-state index is -0.671. The Hall–Kier alpha value is -3.47. The third kappa shape index (κ3) is 18.5. The highest BCUT2D eigenvalue weighted by Crippen LogP contribution is 2.22. The van der Waals surface area contributed by atoms with Gasteiger partial charge in [-0.3, -0.25) is 4.79 Å². The van der Waals surface area contributed by atoms with Crippen molar-refractivity contribution in [2.75, 3.05) is 0 Å². The Labute approximate surface area is 222 Å². The van der Waals surface area contributed by atoms with Crippen molar-refractivity contribution in [2.45, 2.75) is 84.0 Å². The van der Waals surface area contributed by atoms with Crippen molar-refractivity contribution in [3.63, 3.8) is 0 Å². The number of aromatic hydroxyl groups is 3. The van der Waals surface area contributed by atoms with Gasteiger partial charge >= 0.3 is 5.97 Å². The quantitative estimate of drug-likeness (QED) is 0.103. The molecular weight excluding hydrogens is 464 g/mol. The Morgan fingerprint density at radius 2 is 1.19 bits per heavy atom. The van der Waals surface area contributed by atoms with Gasteiger partial charge in [-0.15, -0.1) is 0 Å². The summed E-state index contributed by atoms with van der Waals surface area (Å²) >= 11 is 0. The van der Waals surface area contributed by atoms with Crippen molar-refractivity contribution < 1.29 is 25.2 Å². The zero-order valence-electron chi connectivity index (χ0n) is 22.2. The standard InChI is InChI=1S/C18H32O2.C14H12O3/c1-2-3-4-5-6-7-8-9-10-11-12-13-14-15-16-17-18(19)20;15-12-5-3-10(4-6-12)1-2-11-7-13(16)9-14(17)8-11/h6-7,9-10H,2-5,8,11-17H2,1H3,(H,19,20);1-9,15-17H/b7-6-,10-9-;. The number of allylic oxidation sites excluding steroid dienone is 4. The van der Waals surface area contributed by atoms with Crippen LogP contribution in [0.4, 0.5) is 0 Å². The number of carbonyl (C=O) groups is 1. The van der Waals surface area contributed by atoms with Crippen LogP contribution in [0.3, 0.4) is 0 Å². The summed E-state index contributed by atoms with van der Waals surface area (Å²) in [5, 5.41) is 36.2. The Morgan fingerprint density at radius 3 is 1.78 bits per heavy atom. The van der Waals surface area contributed by atoms with Crippen molar-refractivity contribution >= 4 is 18.1 Å². The molecule has 0 saturated heterocycles. The lowest BCUT2D eigenvalue weighted by atomic mass is 10.1. The molecule has 202 valence electrons. The van der Waals surface area contributed by atoms with Crippen molar-refractivity contribution in [2.24, 2.45) is 0 Å². The van der Waals surface area contributed by atoms with Crippen molar-refractivity contribution in [1.29, 1.82) is 0 Å². The number of rotatable bonds is 16. The molecule has 0 spiro atoms. The van der Waals surface area contributed by atoms with E-state index in [1.54, 1.807) is 42.5 Å². The summed E-state index contributed by atoms with van der Waals surface area (Å²) in [4.78, 5) is 10.3. The van der Waals surface area contributed by atoms with Gasteiger partial charge in [0.2, 0.25) is 0 Å². The lowest BCUT2D eigenvalue weighted by Crippen LogP contribution is -1.93. The Kier molecular flexibility index (Phi) is 17.7. The van der Waals surface area contributed by atoms with Crippen LogP contribution < -0.4 is 0 Å². The average Bonchev–Trinajstić information content (AvgIpc) is 2.86. The van der Waals surface area contributed by atoms with E-state index in [0.717, 1.165) is 31.2 Å². The van der Waals surface area contributed by atoms with Crippen LogP contribution >= 0.6 is 0 Å². The number of carboxylic acids is 1. The number of hydrogen-bond donors (Lipinski definition) is 4. The predicted molar refractivity (Wildman–Crippen MR) is 154 cm³/mol. The maximum atomic E-state index is 10.3. The van der Waals surface area contributed by atoms with Crippen molar-refractivity contribution in [3.8, 4) is 17.2 Å². The van der Waals surface area contributed by atoms with Gasteiger partial charge in [0.15, 0.2) is 0 Å². The SMILES string of the molecule is CCCCC/C=C\C/C=C\CCCCCCCC(=O)O.Oc1ccc(C=Cc2cc(O)cc(O)c2)cc1. The number of aliphatic carboxylic acids is 1. The minimum Gasteiger partial charge on any atom is -0.508 e. The Bertz CT molecular complexity index is 937. The first-order chi connectivity index (χ1) is 17.9. The fourth-order valence-electron chi connectivity index (χ4n) is 3.58. The number of phenols is 3. The van der Waals surface area contributed by atoms with E-state index >= 15 is 0 Å². The van der Waals surface area contributed by atoms with Crippen molar-refractivity contribution in [1.82, 2.24) is 0 Å². The fourth-order valence-corrected chi connectivity index (χ4v) is 3.58. The maximum Gasteiger partial charge on any atom is 0.303 e. The van der Waals surface area contributed by atoms with Gasteiger partial charge in [-0.2, -0.15) is 0 Å². The molecule has 37 heavy (non-hydrogen) atoms. The lowest BCUT2D eigenvalue weighted by molar-refractivity contribution is -0.137. The largest absolute Gasteiger partial charge is 0.508 e. The van der Waals surface area contributed by atoms with Gasteiger partial charge < -0.3 is 20.4 Å². The molecule has 0 amide bonds. The second kappa shape index (κ2) is 20.7. The fraction of sp³-hybridized carbons (Fsp3) is 0.406. The summed E-state index contributed by atoms with van der Waals surface area (Å²) in [5.74, 6) is -0.404. The van der Waals surface area contributed by atoms with Gasteiger partial charge in [-0.05, 0) is 73.9 Å². The number of carboxylic acid groups (broad SMARTS) is 1. The molecule has 4 N–H and O–H groups in total. The van der Waals surface area contributed by atoms with Gasteiger partial charge in [-0.25, -0.2) is 0 Å². The highest BCUT2D eigenvalue weighted by atomic mass is 16.4. The second-order valence-corrected chi connectivity index (χ2v) is 9.08. The van der Waals surface area contributed by atoms with E-state index in [1.165, 1.54) is 51.0 Å².